The van der Waals surface area contributed by atoms with E-state index in [9.17, 15) is 4.79 Å². The highest BCUT2D eigenvalue weighted by molar-refractivity contribution is 6.07. The standard InChI is InChI=1S/C19H24N2O.ClH/c1-2-14-21(16-10-12-20-13-11-16)19(22)18-9-5-7-15-6-3-4-8-17(15)18;/h3-9,16,20H,2,10-14H2,1H3;1H. The predicted molar refractivity (Wildman–Crippen MR) is 98.4 cm³/mol. The summed E-state index contributed by atoms with van der Waals surface area (Å²) < 4.78 is 0. The van der Waals surface area contributed by atoms with E-state index in [1.54, 1.807) is 0 Å². The number of piperidine rings is 1. The first-order valence-electron chi connectivity index (χ1n) is 8.30. The molecule has 23 heavy (non-hydrogen) atoms. The minimum Gasteiger partial charge on any atom is -0.336 e. The number of carbonyl (C=O) groups is 1. The minimum atomic E-state index is 0. The number of carbonyl (C=O) groups excluding carboxylic acids is 1. The molecule has 0 saturated carbocycles. The van der Waals surface area contributed by atoms with E-state index >= 15 is 0 Å². The van der Waals surface area contributed by atoms with Gasteiger partial charge in [0, 0.05) is 18.2 Å². The lowest BCUT2D eigenvalue weighted by Gasteiger charge is -2.35. The Labute approximate surface area is 144 Å². The second-order valence-corrected chi connectivity index (χ2v) is 6.01. The molecule has 2 aromatic carbocycles. The van der Waals surface area contributed by atoms with Gasteiger partial charge in [-0.2, -0.15) is 0 Å². The van der Waals surface area contributed by atoms with E-state index in [-0.39, 0.29) is 18.3 Å². The van der Waals surface area contributed by atoms with Gasteiger partial charge < -0.3 is 10.2 Å². The first-order chi connectivity index (χ1) is 10.8. The molecule has 1 N–H and O–H groups in total. The summed E-state index contributed by atoms with van der Waals surface area (Å²) >= 11 is 0. The molecule has 1 aliphatic rings. The van der Waals surface area contributed by atoms with Crippen molar-refractivity contribution in [2.75, 3.05) is 19.6 Å². The van der Waals surface area contributed by atoms with Gasteiger partial charge in [0.1, 0.15) is 0 Å². The Morgan fingerprint density at radius 3 is 2.57 bits per heavy atom. The molecule has 124 valence electrons. The van der Waals surface area contributed by atoms with Crippen LogP contribution in [0.25, 0.3) is 10.8 Å². The van der Waals surface area contributed by atoms with Crippen molar-refractivity contribution in [2.45, 2.75) is 32.2 Å². The summed E-state index contributed by atoms with van der Waals surface area (Å²) in [7, 11) is 0. The zero-order chi connectivity index (χ0) is 15.4. The maximum Gasteiger partial charge on any atom is 0.254 e. The van der Waals surface area contributed by atoms with E-state index in [0.717, 1.165) is 55.2 Å². The maximum absolute atomic E-state index is 13.2. The van der Waals surface area contributed by atoms with Crippen molar-refractivity contribution in [1.82, 2.24) is 10.2 Å². The quantitative estimate of drug-likeness (QED) is 0.922. The molecule has 0 radical (unpaired) electrons. The largest absolute Gasteiger partial charge is 0.336 e. The molecular formula is C19H25ClN2O. The molecule has 1 heterocycles. The van der Waals surface area contributed by atoms with Crippen LogP contribution in [-0.2, 0) is 0 Å². The Morgan fingerprint density at radius 2 is 1.83 bits per heavy atom. The van der Waals surface area contributed by atoms with Crippen molar-refractivity contribution in [3.63, 3.8) is 0 Å². The number of fused-ring (bicyclic) bond motifs is 1. The second-order valence-electron chi connectivity index (χ2n) is 6.01. The highest BCUT2D eigenvalue weighted by Gasteiger charge is 2.26. The van der Waals surface area contributed by atoms with Crippen molar-refractivity contribution in [3.05, 3.63) is 48.0 Å². The summed E-state index contributed by atoms with van der Waals surface area (Å²) in [6, 6.07) is 14.5. The van der Waals surface area contributed by atoms with E-state index in [4.69, 9.17) is 0 Å². The van der Waals surface area contributed by atoms with Gasteiger partial charge in [0.05, 0.1) is 0 Å². The van der Waals surface area contributed by atoms with Crippen LogP contribution in [0, 0.1) is 0 Å². The maximum atomic E-state index is 13.2. The highest BCUT2D eigenvalue weighted by atomic mass is 35.5. The van der Waals surface area contributed by atoms with Gasteiger partial charge in [-0.05, 0) is 49.2 Å². The molecule has 0 spiro atoms. The molecule has 0 unspecified atom stereocenters. The van der Waals surface area contributed by atoms with Gasteiger partial charge in [-0.3, -0.25) is 4.79 Å². The fourth-order valence-electron chi connectivity index (χ4n) is 3.38. The number of nitrogens with zero attached hydrogens (tertiary/aromatic N) is 1. The average molecular weight is 333 g/mol. The van der Waals surface area contributed by atoms with E-state index < -0.39 is 0 Å². The molecular weight excluding hydrogens is 308 g/mol. The van der Waals surface area contributed by atoms with Gasteiger partial charge in [0.25, 0.3) is 5.91 Å². The van der Waals surface area contributed by atoms with Crippen molar-refractivity contribution in [2.24, 2.45) is 0 Å². The molecule has 4 heteroatoms. The lowest BCUT2D eigenvalue weighted by atomic mass is 10.00. The molecule has 0 bridgehead atoms. The van der Waals surface area contributed by atoms with E-state index in [0.29, 0.717) is 6.04 Å². The molecule has 3 nitrogen and oxygen atoms in total. The van der Waals surface area contributed by atoms with Gasteiger partial charge in [-0.15, -0.1) is 12.4 Å². The number of rotatable bonds is 4. The summed E-state index contributed by atoms with van der Waals surface area (Å²) in [5.74, 6) is 0.186. The van der Waals surface area contributed by atoms with Gasteiger partial charge in [-0.25, -0.2) is 0 Å². The Bertz CT molecular complexity index is 647. The Morgan fingerprint density at radius 1 is 1.13 bits per heavy atom. The van der Waals surface area contributed by atoms with E-state index in [1.165, 1.54) is 0 Å². The van der Waals surface area contributed by atoms with Gasteiger partial charge in [0.15, 0.2) is 0 Å². The number of halogens is 1. The Hall–Kier alpha value is -1.58. The third-order valence-corrected chi connectivity index (χ3v) is 4.49. The molecule has 2 aromatic rings. The minimum absolute atomic E-state index is 0. The lowest BCUT2D eigenvalue weighted by Crippen LogP contribution is -2.46. The smallest absolute Gasteiger partial charge is 0.254 e. The summed E-state index contributed by atoms with van der Waals surface area (Å²) in [5.41, 5.74) is 0.838. The van der Waals surface area contributed by atoms with Crippen LogP contribution < -0.4 is 5.32 Å². The number of hydrogen-bond acceptors (Lipinski definition) is 2. The molecule has 3 rings (SSSR count). The monoisotopic (exact) mass is 332 g/mol. The lowest BCUT2D eigenvalue weighted by molar-refractivity contribution is 0.0644. The van der Waals surface area contributed by atoms with Crippen molar-refractivity contribution in [1.29, 1.82) is 0 Å². The van der Waals surface area contributed by atoms with Crippen LogP contribution in [0.5, 0.6) is 0 Å². The first-order valence-corrected chi connectivity index (χ1v) is 8.30. The van der Waals surface area contributed by atoms with Crippen LogP contribution in [0.2, 0.25) is 0 Å². The zero-order valence-electron chi connectivity index (χ0n) is 13.6. The number of nitrogens with one attached hydrogen (secondary N) is 1. The second kappa shape index (κ2) is 8.32. The van der Waals surface area contributed by atoms with E-state index in [2.05, 4.69) is 35.3 Å². The van der Waals surface area contributed by atoms with Crippen LogP contribution in [0.4, 0.5) is 0 Å². The molecule has 1 fully saturated rings. The van der Waals surface area contributed by atoms with Crippen LogP contribution in [0.15, 0.2) is 42.5 Å². The molecule has 1 aliphatic heterocycles. The zero-order valence-corrected chi connectivity index (χ0v) is 14.4. The number of amides is 1. The predicted octanol–water partition coefficient (Wildman–Crippen LogP) is 3.87. The fraction of sp³-hybridized carbons (Fsp3) is 0.421. The van der Waals surface area contributed by atoms with E-state index in [1.807, 2.05) is 24.3 Å². The number of benzene rings is 2. The van der Waals surface area contributed by atoms with Crippen LogP contribution in [0.1, 0.15) is 36.5 Å². The highest BCUT2D eigenvalue weighted by Crippen LogP contribution is 2.23. The summed E-state index contributed by atoms with van der Waals surface area (Å²) in [5, 5.41) is 5.58. The molecule has 0 aromatic heterocycles. The van der Waals surface area contributed by atoms with Gasteiger partial charge in [-0.1, -0.05) is 43.3 Å². The Balaban J connectivity index is 0.00000192. The molecule has 1 saturated heterocycles. The third-order valence-electron chi connectivity index (χ3n) is 4.49. The third kappa shape index (κ3) is 3.85. The summed E-state index contributed by atoms with van der Waals surface area (Å²) in [4.78, 5) is 15.3. The number of hydrogen-bond donors (Lipinski definition) is 1. The summed E-state index contributed by atoms with van der Waals surface area (Å²) in [6.07, 6.45) is 3.10. The fourth-order valence-corrected chi connectivity index (χ4v) is 3.38. The Kier molecular flexibility index (Phi) is 6.43. The average Bonchev–Trinajstić information content (AvgIpc) is 2.59. The van der Waals surface area contributed by atoms with Crippen LogP contribution in [0.3, 0.4) is 0 Å². The topological polar surface area (TPSA) is 32.3 Å². The van der Waals surface area contributed by atoms with Crippen LogP contribution in [-0.4, -0.2) is 36.5 Å². The first kappa shape index (κ1) is 17.8. The van der Waals surface area contributed by atoms with Gasteiger partial charge in [0.2, 0.25) is 0 Å². The van der Waals surface area contributed by atoms with Crippen molar-refractivity contribution in [3.8, 4) is 0 Å². The SMILES string of the molecule is CCCN(C(=O)c1cccc2ccccc12)C1CCNCC1.Cl. The molecule has 0 atom stereocenters. The molecule has 0 aliphatic carbocycles. The van der Waals surface area contributed by atoms with Crippen LogP contribution >= 0.6 is 12.4 Å². The normalized spacial score (nSPS) is 15.2. The van der Waals surface area contributed by atoms with Crippen molar-refractivity contribution >= 4 is 29.1 Å². The summed E-state index contributed by atoms with van der Waals surface area (Å²) in [6.45, 7) is 5.00. The van der Waals surface area contributed by atoms with Crippen molar-refractivity contribution < 1.29 is 4.79 Å². The molecule has 1 amide bonds. The van der Waals surface area contributed by atoms with Gasteiger partial charge >= 0.3 is 0 Å².